The Morgan fingerprint density at radius 1 is 1.15 bits per heavy atom. The quantitative estimate of drug-likeness (QED) is 0.856. The molecule has 0 radical (unpaired) electrons. The van der Waals surface area contributed by atoms with E-state index in [1.54, 1.807) is 5.01 Å². The Bertz CT molecular complexity index is 524. The number of piperidine rings is 1. The zero-order chi connectivity index (χ0) is 13.9. The smallest absolute Gasteiger partial charge is 0.228 e. The Hall–Kier alpha value is -1.88. The van der Waals surface area contributed by atoms with Gasteiger partial charge in [0.05, 0.1) is 5.69 Å². The van der Waals surface area contributed by atoms with Gasteiger partial charge in [-0.05, 0) is 43.0 Å². The maximum atomic E-state index is 11.4. The maximum absolute atomic E-state index is 11.4. The van der Waals surface area contributed by atoms with E-state index in [4.69, 9.17) is 0 Å². The highest BCUT2D eigenvalue weighted by molar-refractivity contribution is 5.94. The Morgan fingerprint density at radius 3 is 2.70 bits per heavy atom. The molecule has 1 aromatic carbocycles. The molecule has 2 heterocycles. The predicted molar refractivity (Wildman–Crippen MR) is 77.4 cm³/mol. The number of aryl methyl sites for hydroxylation is 1. The van der Waals surface area contributed by atoms with Crippen LogP contribution in [0.4, 0.5) is 11.4 Å². The van der Waals surface area contributed by atoms with Crippen molar-refractivity contribution in [3.05, 3.63) is 23.8 Å². The molecule has 2 aliphatic rings. The lowest BCUT2D eigenvalue weighted by molar-refractivity contribution is -0.116. The largest absolute Gasteiger partial charge is 0.326 e. The van der Waals surface area contributed by atoms with Crippen molar-refractivity contribution in [1.82, 2.24) is 5.01 Å². The molecule has 106 valence electrons. The van der Waals surface area contributed by atoms with Crippen molar-refractivity contribution >= 4 is 23.7 Å². The van der Waals surface area contributed by atoms with Gasteiger partial charge in [0.1, 0.15) is 0 Å². The first kappa shape index (κ1) is 13.1. The third kappa shape index (κ3) is 2.54. The number of nitrogens with zero attached hydrogens (tertiary/aromatic N) is 2. The lowest BCUT2D eigenvalue weighted by atomic mass is 10.0. The van der Waals surface area contributed by atoms with Gasteiger partial charge in [-0.15, -0.1) is 0 Å². The van der Waals surface area contributed by atoms with Gasteiger partial charge in [-0.1, -0.05) is 6.42 Å². The first-order chi connectivity index (χ1) is 9.78. The first-order valence-corrected chi connectivity index (χ1v) is 7.20. The van der Waals surface area contributed by atoms with Crippen LogP contribution >= 0.6 is 0 Å². The topological polar surface area (TPSA) is 52.7 Å². The second-order valence-electron chi connectivity index (χ2n) is 5.35. The van der Waals surface area contributed by atoms with Crippen LogP contribution < -0.4 is 10.3 Å². The fourth-order valence-electron chi connectivity index (χ4n) is 2.90. The Labute approximate surface area is 118 Å². The molecule has 0 aliphatic carbocycles. The molecule has 0 atom stereocenters. The highest BCUT2D eigenvalue weighted by atomic mass is 16.2. The molecular weight excluding hydrogens is 254 g/mol. The van der Waals surface area contributed by atoms with Crippen molar-refractivity contribution in [1.29, 1.82) is 0 Å². The normalized spacial score (nSPS) is 19.1. The third-order valence-corrected chi connectivity index (χ3v) is 3.99. The summed E-state index contributed by atoms with van der Waals surface area (Å²) in [6.45, 7) is 1.85. The summed E-state index contributed by atoms with van der Waals surface area (Å²) in [6, 6.07) is 5.80. The van der Waals surface area contributed by atoms with Crippen molar-refractivity contribution in [2.24, 2.45) is 0 Å². The molecule has 0 aromatic heterocycles. The van der Waals surface area contributed by atoms with Crippen LogP contribution in [0.5, 0.6) is 0 Å². The fraction of sp³-hybridized carbons (Fsp3) is 0.467. The second-order valence-corrected chi connectivity index (χ2v) is 5.35. The van der Waals surface area contributed by atoms with Gasteiger partial charge in [0, 0.05) is 25.2 Å². The SMILES string of the molecule is O=CN(c1ccc2c(c1)CCC(=O)N2)N1CCCCC1. The van der Waals surface area contributed by atoms with E-state index in [1.165, 1.54) is 6.42 Å². The Morgan fingerprint density at radius 2 is 1.95 bits per heavy atom. The average Bonchev–Trinajstić information content (AvgIpc) is 2.49. The fourth-order valence-corrected chi connectivity index (χ4v) is 2.90. The minimum Gasteiger partial charge on any atom is -0.326 e. The highest BCUT2D eigenvalue weighted by Crippen LogP contribution is 2.28. The standard InChI is InChI=1S/C15H19N3O2/c19-11-18(17-8-2-1-3-9-17)13-5-6-14-12(10-13)4-7-15(20)16-14/h5-6,10-11H,1-4,7-9H2,(H,16,20). The monoisotopic (exact) mass is 273 g/mol. The van der Waals surface area contributed by atoms with Gasteiger partial charge in [-0.25, -0.2) is 10.0 Å². The number of carbonyl (C=O) groups excluding carboxylic acids is 2. The molecule has 5 heteroatoms. The minimum atomic E-state index is 0.0634. The summed E-state index contributed by atoms with van der Waals surface area (Å²) in [5.74, 6) is 0.0634. The molecule has 2 aliphatic heterocycles. The van der Waals surface area contributed by atoms with Crippen LogP contribution in [0.2, 0.25) is 0 Å². The molecular formula is C15H19N3O2. The number of hydrazine groups is 1. The van der Waals surface area contributed by atoms with Crippen molar-refractivity contribution in [3.8, 4) is 0 Å². The van der Waals surface area contributed by atoms with Gasteiger partial charge in [0.15, 0.2) is 0 Å². The summed E-state index contributed by atoms with van der Waals surface area (Å²) < 4.78 is 0. The lowest BCUT2D eigenvalue weighted by Crippen LogP contribution is -2.45. The summed E-state index contributed by atoms with van der Waals surface area (Å²) in [4.78, 5) is 22.8. The molecule has 1 saturated heterocycles. The number of benzene rings is 1. The van der Waals surface area contributed by atoms with Crippen LogP contribution in [0, 0.1) is 0 Å². The summed E-state index contributed by atoms with van der Waals surface area (Å²) in [7, 11) is 0. The number of carbonyl (C=O) groups is 2. The van der Waals surface area contributed by atoms with E-state index in [9.17, 15) is 9.59 Å². The van der Waals surface area contributed by atoms with Gasteiger partial charge in [0.2, 0.25) is 12.3 Å². The van der Waals surface area contributed by atoms with E-state index in [-0.39, 0.29) is 5.91 Å². The number of fused-ring (bicyclic) bond motifs is 1. The number of hydrogen-bond donors (Lipinski definition) is 1. The minimum absolute atomic E-state index is 0.0634. The number of nitrogens with one attached hydrogen (secondary N) is 1. The lowest BCUT2D eigenvalue weighted by Gasteiger charge is -2.35. The van der Waals surface area contributed by atoms with E-state index in [0.29, 0.717) is 6.42 Å². The van der Waals surface area contributed by atoms with Crippen LogP contribution in [-0.4, -0.2) is 30.4 Å². The zero-order valence-electron chi connectivity index (χ0n) is 11.5. The number of hydrogen-bond acceptors (Lipinski definition) is 3. The summed E-state index contributed by atoms with van der Waals surface area (Å²) in [5.41, 5.74) is 2.86. The van der Waals surface area contributed by atoms with Crippen LogP contribution in [0.1, 0.15) is 31.2 Å². The Balaban J connectivity index is 1.84. The van der Waals surface area contributed by atoms with Gasteiger partial charge in [-0.3, -0.25) is 9.59 Å². The highest BCUT2D eigenvalue weighted by Gasteiger charge is 2.21. The molecule has 1 fully saturated rings. The molecule has 5 nitrogen and oxygen atoms in total. The van der Waals surface area contributed by atoms with Crippen LogP contribution in [-0.2, 0) is 16.0 Å². The molecule has 0 unspecified atom stereocenters. The third-order valence-electron chi connectivity index (χ3n) is 3.99. The summed E-state index contributed by atoms with van der Waals surface area (Å²) in [6.07, 6.45) is 5.63. The maximum Gasteiger partial charge on any atom is 0.228 e. The molecule has 0 spiro atoms. The van der Waals surface area contributed by atoms with Gasteiger partial charge in [0.25, 0.3) is 0 Å². The van der Waals surface area contributed by atoms with E-state index in [1.807, 2.05) is 18.2 Å². The zero-order valence-corrected chi connectivity index (χ0v) is 11.5. The predicted octanol–water partition coefficient (Wildman–Crippen LogP) is 1.94. The molecule has 3 rings (SSSR count). The van der Waals surface area contributed by atoms with E-state index < -0.39 is 0 Å². The summed E-state index contributed by atoms with van der Waals surface area (Å²) >= 11 is 0. The van der Waals surface area contributed by atoms with E-state index in [2.05, 4.69) is 10.3 Å². The number of amides is 2. The van der Waals surface area contributed by atoms with Crippen molar-refractivity contribution in [2.75, 3.05) is 23.4 Å². The number of rotatable bonds is 3. The first-order valence-electron chi connectivity index (χ1n) is 7.20. The van der Waals surface area contributed by atoms with Crippen molar-refractivity contribution in [3.63, 3.8) is 0 Å². The molecule has 1 aromatic rings. The van der Waals surface area contributed by atoms with E-state index >= 15 is 0 Å². The Kier molecular flexibility index (Phi) is 3.69. The van der Waals surface area contributed by atoms with E-state index in [0.717, 1.165) is 55.7 Å². The number of anilines is 2. The van der Waals surface area contributed by atoms with Crippen LogP contribution in [0.25, 0.3) is 0 Å². The van der Waals surface area contributed by atoms with Crippen molar-refractivity contribution < 1.29 is 9.59 Å². The van der Waals surface area contributed by atoms with Gasteiger partial charge in [-0.2, -0.15) is 0 Å². The van der Waals surface area contributed by atoms with Crippen molar-refractivity contribution in [2.45, 2.75) is 32.1 Å². The molecule has 0 saturated carbocycles. The van der Waals surface area contributed by atoms with Crippen LogP contribution in [0.3, 0.4) is 0 Å². The molecule has 20 heavy (non-hydrogen) atoms. The molecule has 1 N–H and O–H groups in total. The summed E-state index contributed by atoms with van der Waals surface area (Å²) in [5, 5.41) is 6.67. The second kappa shape index (κ2) is 5.63. The van der Waals surface area contributed by atoms with Gasteiger partial charge < -0.3 is 5.32 Å². The molecule has 0 bridgehead atoms. The van der Waals surface area contributed by atoms with Crippen LogP contribution in [0.15, 0.2) is 18.2 Å². The van der Waals surface area contributed by atoms with Gasteiger partial charge >= 0.3 is 0 Å². The average molecular weight is 273 g/mol. The molecule has 2 amide bonds.